The first kappa shape index (κ1) is 69.4. The number of esters is 2. The lowest BCUT2D eigenvalue weighted by atomic mass is 10.1. The topological polar surface area (TPSA) is 134 Å². The molecule has 9 nitrogen and oxygen atoms in total. The number of carbonyl (C=O) groups is 2. The maximum absolute atomic E-state index is 12.7. The highest BCUT2D eigenvalue weighted by atomic mass is 31.2. The standard InChI is InChI=1S/C63H106NO8P/c1-3-5-7-9-11-13-15-17-19-21-23-25-27-29-30-32-34-36-38-40-42-44-46-48-50-52-54-56-63(66)72-61(60-71-73(67,68)70-58-57-64)59-69-62(65)55-53-51-49-47-45-43-41-39-37-35-33-31-28-26-24-22-20-18-16-14-12-10-8-6-4-2/h5,7,11,13,16-19,22-25,28-31,34,36,40,42,61H,3-4,6,8-10,12,14-15,20-21,26-27,32-33,35,37-39,41,43-60,64H2,1-2H3,(H,67,68)/b7-5-,13-11-,18-16-,19-17-,24-22-,25-23-,30-29-,31-28-,36-34-,42-40-. The molecule has 0 bridgehead atoms. The number of ether oxygens (including phenoxy) is 2. The molecule has 3 N–H and O–H groups in total. The van der Waals surface area contributed by atoms with Crippen LogP contribution in [0.15, 0.2) is 122 Å². The summed E-state index contributed by atoms with van der Waals surface area (Å²) in [6.45, 7) is 3.58. The van der Waals surface area contributed by atoms with Gasteiger partial charge in [0.1, 0.15) is 6.61 Å². The molecule has 0 rings (SSSR count). The third-order valence-electron chi connectivity index (χ3n) is 11.8. The van der Waals surface area contributed by atoms with E-state index in [0.29, 0.717) is 6.42 Å². The van der Waals surface area contributed by atoms with Gasteiger partial charge in [-0.05, 0) is 109 Å². The van der Waals surface area contributed by atoms with Crippen LogP contribution >= 0.6 is 7.82 Å². The van der Waals surface area contributed by atoms with Crippen molar-refractivity contribution < 1.29 is 37.6 Å². The Bertz CT molecular complexity index is 1600. The lowest BCUT2D eigenvalue weighted by Crippen LogP contribution is -2.29. The molecule has 0 heterocycles. The highest BCUT2D eigenvalue weighted by molar-refractivity contribution is 7.47. The summed E-state index contributed by atoms with van der Waals surface area (Å²) in [6, 6.07) is 0. The van der Waals surface area contributed by atoms with Crippen LogP contribution in [-0.2, 0) is 32.7 Å². The minimum atomic E-state index is -4.40. The number of nitrogens with two attached hydrogens (primary N) is 1. The Balaban J connectivity index is 4.09. The summed E-state index contributed by atoms with van der Waals surface area (Å²) in [5, 5.41) is 0. The van der Waals surface area contributed by atoms with Crippen molar-refractivity contribution in [1.29, 1.82) is 0 Å². The first-order valence-corrected chi connectivity index (χ1v) is 30.5. The summed E-state index contributed by atoms with van der Waals surface area (Å²) in [6.07, 6.45) is 79.6. The van der Waals surface area contributed by atoms with Crippen molar-refractivity contribution in [3.05, 3.63) is 122 Å². The van der Waals surface area contributed by atoms with Crippen molar-refractivity contribution in [2.75, 3.05) is 26.4 Å². The van der Waals surface area contributed by atoms with Gasteiger partial charge in [0.05, 0.1) is 13.2 Å². The van der Waals surface area contributed by atoms with E-state index in [1.54, 1.807) is 0 Å². The Morgan fingerprint density at radius 2 is 0.753 bits per heavy atom. The molecule has 0 aliphatic rings. The van der Waals surface area contributed by atoms with Gasteiger partial charge >= 0.3 is 19.8 Å². The van der Waals surface area contributed by atoms with Crippen LogP contribution in [0, 0.1) is 0 Å². The van der Waals surface area contributed by atoms with Crippen LogP contribution in [0.5, 0.6) is 0 Å². The number of phosphoric acid groups is 1. The fourth-order valence-electron chi connectivity index (χ4n) is 7.56. The van der Waals surface area contributed by atoms with E-state index >= 15 is 0 Å². The van der Waals surface area contributed by atoms with E-state index in [0.717, 1.165) is 122 Å². The highest BCUT2D eigenvalue weighted by Crippen LogP contribution is 2.43. The summed E-state index contributed by atoms with van der Waals surface area (Å²) in [4.78, 5) is 35.2. The fourth-order valence-corrected chi connectivity index (χ4v) is 8.33. The van der Waals surface area contributed by atoms with Crippen LogP contribution in [0.25, 0.3) is 0 Å². The van der Waals surface area contributed by atoms with Gasteiger partial charge in [-0.2, -0.15) is 0 Å². The number of allylic oxidation sites excluding steroid dienone is 20. The van der Waals surface area contributed by atoms with E-state index in [1.807, 2.05) is 0 Å². The van der Waals surface area contributed by atoms with Crippen molar-refractivity contribution in [2.24, 2.45) is 5.73 Å². The molecule has 0 spiro atoms. The summed E-state index contributed by atoms with van der Waals surface area (Å²) < 4.78 is 33.0. The number of hydrogen-bond donors (Lipinski definition) is 2. The quantitative estimate of drug-likeness (QED) is 0.0264. The predicted molar refractivity (Wildman–Crippen MR) is 311 cm³/mol. The highest BCUT2D eigenvalue weighted by Gasteiger charge is 2.26. The van der Waals surface area contributed by atoms with Gasteiger partial charge in [-0.25, -0.2) is 4.57 Å². The van der Waals surface area contributed by atoms with E-state index < -0.39 is 32.5 Å². The molecule has 416 valence electrons. The van der Waals surface area contributed by atoms with E-state index in [2.05, 4.69) is 135 Å². The largest absolute Gasteiger partial charge is 0.472 e. The second-order valence-electron chi connectivity index (χ2n) is 18.8. The third kappa shape index (κ3) is 57.5. The summed E-state index contributed by atoms with van der Waals surface area (Å²) in [7, 11) is -4.40. The van der Waals surface area contributed by atoms with E-state index in [-0.39, 0.29) is 32.6 Å². The molecule has 10 heteroatoms. The van der Waals surface area contributed by atoms with Crippen molar-refractivity contribution in [3.63, 3.8) is 0 Å². The lowest BCUT2D eigenvalue weighted by Gasteiger charge is -2.19. The molecular formula is C63H106NO8P. The van der Waals surface area contributed by atoms with Gasteiger partial charge in [-0.1, -0.05) is 232 Å². The Labute approximate surface area is 447 Å². The van der Waals surface area contributed by atoms with Crippen LogP contribution in [0.3, 0.4) is 0 Å². The zero-order valence-corrected chi connectivity index (χ0v) is 47.2. The van der Waals surface area contributed by atoms with Gasteiger partial charge in [0.15, 0.2) is 6.10 Å². The summed E-state index contributed by atoms with van der Waals surface area (Å²) >= 11 is 0. The smallest absolute Gasteiger partial charge is 0.462 e. The van der Waals surface area contributed by atoms with E-state index in [4.69, 9.17) is 24.3 Å². The van der Waals surface area contributed by atoms with Gasteiger partial charge in [-0.15, -0.1) is 0 Å². The van der Waals surface area contributed by atoms with Crippen LogP contribution in [0.2, 0.25) is 0 Å². The van der Waals surface area contributed by atoms with E-state index in [1.165, 1.54) is 77.0 Å². The van der Waals surface area contributed by atoms with Crippen LogP contribution < -0.4 is 5.73 Å². The fraction of sp³-hybridized carbons (Fsp3) is 0.651. The molecule has 0 aliphatic heterocycles. The average molecular weight is 1040 g/mol. The zero-order valence-electron chi connectivity index (χ0n) is 46.3. The molecule has 0 saturated carbocycles. The molecule has 2 atom stereocenters. The van der Waals surface area contributed by atoms with Crippen LogP contribution in [0.4, 0.5) is 0 Å². The molecule has 0 aromatic carbocycles. The Morgan fingerprint density at radius 3 is 1.12 bits per heavy atom. The first-order chi connectivity index (χ1) is 35.8. The van der Waals surface area contributed by atoms with Gasteiger partial charge in [0, 0.05) is 19.4 Å². The maximum atomic E-state index is 12.7. The summed E-state index contributed by atoms with van der Waals surface area (Å²) in [5.74, 6) is -0.861. The number of carbonyl (C=O) groups excluding carboxylic acids is 2. The Morgan fingerprint density at radius 1 is 0.425 bits per heavy atom. The van der Waals surface area contributed by atoms with Gasteiger partial charge in [-0.3, -0.25) is 18.6 Å². The monoisotopic (exact) mass is 1040 g/mol. The molecule has 0 amide bonds. The predicted octanol–water partition coefficient (Wildman–Crippen LogP) is 18.4. The third-order valence-corrected chi connectivity index (χ3v) is 12.8. The van der Waals surface area contributed by atoms with Crippen molar-refractivity contribution in [2.45, 2.75) is 238 Å². The minimum Gasteiger partial charge on any atom is -0.462 e. The Kier molecular flexibility index (Phi) is 54.8. The van der Waals surface area contributed by atoms with Crippen molar-refractivity contribution in [1.82, 2.24) is 0 Å². The van der Waals surface area contributed by atoms with Crippen LogP contribution in [0.1, 0.15) is 232 Å². The number of unbranched alkanes of at least 4 members (excludes halogenated alkanes) is 20. The van der Waals surface area contributed by atoms with Gasteiger partial charge in [0.25, 0.3) is 0 Å². The van der Waals surface area contributed by atoms with Crippen molar-refractivity contribution >= 4 is 19.8 Å². The van der Waals surface area contributed by atoms with Gasteiger partial charge < -0.3 is 20.1 Å². The Hall–Kier alpha value is -3.59. The average Bonchev–Trinajstić information content (AvgIpc) is 3.38. The molecule has 0 fully saturated rings. The zero-order chi connectivity index (χ0) is 53.1. The SMILES string of the molecule is CC/C=C\C/C=C\C/C=C\C/C=C\C/C=C\C/C=C\C/C=C\CCCCCCCC(=O)OC(COC(=O)CCCCCCCCCCCC/C=C\C/C=C\C/C=C\CCCCCCC)COP(=O)(O)OCCN. The summed E-state index contributed by atoms with van der Waals surface area (Å²) in [5.41, 5.74) is 5.38. The lowest BCUT2D eigenvalue weighted by molar-refractivity contribution is -0.161. The molecule has 0 aromatic heterocycles. The second kappa shape index (κ2) is 57.7. The number of rotatable bonds is 53. The molecule has 0 radical (unpaired) electrons. The van der Waals surface area contributed by atoms with Crippen LogP contribution in [-0.4, -0.2) is 49.3 Å². The molecule has 73 heavy (non-hydrogen) atoms. The molecular weight excluding hydrogens is 930 g/mol. The normalized spacial score (nSPS) is 14.0. The van der Waals surface area contributed by atoms with Crippen molar-refractivity contribution in [3.8, 4) is 0 Å². The minimum absolute atomic E-state index is 0.0426. The van der Waals surface area contributed by atoms with E-state index in [9.17, 15) is 19.0 Å². The molecule has 0 aliphatic carbocycles. The first-order valence-electron chi connectivity index (χ1n) is 29.0. The molecule has 0 aromatic rings. The molecule has 0 saturated heterocycles. The molecule has 2 unspecified atom stereocenters. The number of hydrogen-bond acceptors (Lipinski definition) is 8. The number of phosphoric ester groups is 1. The maximum Gasteiger partial charge on any atom is 0.472 e. The second-order valence-corrected chi connectivity index (χ2v) is 20.2. The van der Waals surface area contributed by atoms with Gasteiger partial charge in [0.2, 0.25) is 0 Å².